The maximum Gasteiger partial charge on any atom is 0.192 e. The van der Waals surface area contributed by atoms with Gasteiger partial charge in [-0.2, -0.15) is 0 Å². The average molecular weight is 312 g/mol. The Balaban J connectivity index is 1.85. The second-order valence-electron chi connectivity index (χ2n) is 8.39. The van der Waals surface area contributed by atoms with Gasteiger partial charge in [0.2, 0.25) is 0 Å². The molecule has 0 radical (unpaired) electrons. The zero-order chi connectivity index (χ0) is 15.6. The Labute approximate surface area is 128 Å². The number of rotatable bonds is 4. The van der Waals surface area contributed by atoms with Gasteiger partial charge in [0.15, 0.2) is 14.6 Å². The Morgan fingerprint density at radius 2 is 1.90 bits per heavy atom. The van der Waals surface area contributed by atoms with E-state index in [0.29, 0.717) is 11.8 Å². The number of carbonyl (C=O) groups excluding carboxylic acids is 1. The molecule has 2 bridgehead atoms. The molecule has 3 rings (SSSR count). The van der Waals surface area contributed by atoms with Gasteiger partial charge in [-0.3, -0.25) is 0 Å². The van der Waals surface area contributed by atoms with Crippen molar-refractivity contribution in [2.45, 2.75) is 63.8 Å². The van der Waals surface area contributed by atoms with E-state index in [1.807, 2.05) is 0 Å². The fraction of sp³-hybridized carbons (Fsp3) is 0.938. The molecule has 120 valence electrons. The number of fused-ring (bicyclic) bond motifs is 1. The summed E-state index contributed by atoms with van der Waals surface area (Å²) in [6.07, 6.45) is 2.23. The minimum Gasteiger partial charge on any atom is -0.413 e. The Morgan fingerprint density at radius 1 is 1.24 bits per heavy atom. The van der Waals surface area contributed by atoms with Crippen molar-refractivity contribution in [3.63, 3.8) is 0 Å². The lowest BCUT2D eigenvalue weighted by Crippen LogP contribution is -2.45. The fourth-order valence-electron chi connectivity index (χ4n) is 4.30. The molecule has 0 aromatic carbocycles. The maximum atomic E-state index is 11.6. The second kappa shape index (κ2) is 4.88. The summed E-state index contributed by atoms with van der Waals surface area (Å²) in [5.41, 5.74) is 0. The van der Waals surface area contributed by atoms with Gasteiger partial charge in [-0.1, -0.05) is 20.8 Å². The number of carbonyl (C=O) groups is 1. The topological polar surface area (TPSA) is 44.8 Å². The molecule has 2 saturated carbocycles. The Morgan fingerprint density at radius 3 is 2.43 bits per heavy atom. The van der Waals surface area contributed by atoms with Crippen molar-refractivity contribution < 1.29 is 18.7 Å². The summed E-state index contributed by atoms with van der Waals surface area (Å²) in [4.78, 5) is 11.6. The van der Waals surface area contributed by atoms with Crippen LogP contribution in [0.1, 0.15) is 27.2 Å². The van der Waals surface area contributed by atoms with E-state index >= 15 is 0 Å². The number of hydrogen-bond acceptors (Lipinski definition) is 4. The number of methoxy groups -OCH3 is 1. The smallest absolute Gasteiger partial charge is 0.192 e. The summed E-state index contributed by atoms with van der Waals surface area (Å²) >= 11 is 0. The summed E-state index contributed by atoms with van der Waals surface area (Å²) < 4.78 is 18.2. The van der Waals surface area contributed by atoms with E-state index in [1.165, 1.54) is 0 Å². The van der Waals surface area contributed by atoms with Gasteiger partial charge >= 0.3 is 0 Å². The van der Waals surface area contributed by atoms with Crippen molar-refractivity contribution >= 4 is 14.6 Å². The first kappa shape index (κ1) is 15.7. The van der Waals surface area contributed by atoms with Crippen LogP contribution in [0.5, 0.6) is 0 Å². The first-order valence-electron chi connectivity index (χ1n) is 8.02. The van der Waals surface area contributed by atoms with E-state index in [0.717, 1.165) is 12.7 Å². The normalized spacial score (nSPS) is 45.3. The molecule has 0 amide bonds. The largest absolute Gasteiger partial charge is 0.413 e. The molecule has 7 atom stereocenters. The number of ether oxygens (including phenoxy) is 2. The van der Waals surface area contributed by atoms with Gasteiger partial charge < -0.3 is 18.7 Å². The molecule has 4 nitrogen and oxygen atoms in total. The number of hydrogen-bond donors (Lipinski definition) is 0. The molecule has 2 aliphatic carbocycles. The highest BCUT2D eigenvalue weighted by molar-refractivity contribution is 6.74. The third-order valence-corrected chi connectivity index (χ3v) is 10.8. The van der Waals surface area contributed by atoms with Gasteiger partial charge in [0, 0.05) is 24.9 Å². The molecule has 4 unspecified atom stereocenters. The average Bonchev–Trinajstić information content (AvgIpc) is 2.93. The van der Waals surface area contributed by atoms with Crippen LogP contribution < -0.4 is 0 Å². The summed E-state index contributed by atoms with van der Waals surface area (Å²) in [5.74, 6) is 0.875. The Kier molecular flexibility index (Phi) is 3.64. The van der Waals surface area contributed by atoms with Crippen LogP contribution in [0.2, 0.25) is 18.1 Å². The molecule has 3 fully saturated rings. The minimum absolute atomic E-state index is 0.0356. The van der Waals surface area contributed by atoms with Gasteiger partial charge in [-0.25, -0.2) is 0 Å². The van der Waals surface area contributed by atoms with Gasteiger partial charge in [0.1, 0.15) is 6.29 Å². The van der Waals surface area contributed by atoms with Crippen molar-refractivity contribution in [1.29, 1.82) is 0 Å². The highest BCUT2D eigenvalue weighted by Gasteiger charge is 2.67. The van der Waals surface area contributed by atoms with Gasteiger partial charge in [-0.05, 0) is 30.5 Å². The molecule has 0 spiro atoms. The second-order valence-corrected chi connectivity index (χ2v) is 13.1. The predicted octanol–water partition coefficient (Wildman–Crippen LogP) is 2.83. The molecule has 1 heterocycles. The van der Waals surface area contributed by atoms with E-state index in [2.05, 4.69) is 33.9 Å². The zero-order valence-corrected chi connectivity index (χ0v) is 15.0. The van der Waals surface area contributed by atoms with Crippen molar-refractivity contribution in [1.82, 2.24) is 0 Å². The third kappa shape index (κ3) is 2.16. The molecule has 3 aliphatic rings. The predicted molar refractivity (Wildman–Crippen MR) is 82.4 cm³/mol. The molecular weight excluding hydrogens is 284 g/mol. The quantitative estimate of drug-likeness (QED) is 0.591. The van der Waals surface area contributed by atoms with Crippen molar-refractivity contribution in [3.05, 3.63) is 0 Å². The highest BCUT2D eigenvalue weighted by atomic mass is 28.4. The number of aldehydes is 1. The lowest BCUT2D eigenvalue weighted by atomic mass is 9.80. The van der Waals surface area contributed by atoms with Crippen LogP contribution in [0.4, 0.5) is 0 Å². The fourth-order valence-corrected chi connectivity index (χ4v) is 5.67. The maximum absolute atomic E-state index is 11.6. The standard InChI is InChI=1S/C16H28O4Si/c1-16(2,3)21(5,6)20-14-9-7-11-13(14)12(10(9)8-17)15(18-4)19-11/h8-15H,7H2,1-6H3/t9?,10-,11?,12?,13?,14-,15+/m1/s1. The molecular formula is C16H28O4Si. The van der Waals surface area contributed by atoms with Crippen molar-refractivity contribution in [2.24, 2.45) is 23.7 Å². The van der Waals surface area contributed by atoms with Gasteiger partial charge in [0.25, 0.3) is 0 Å². The van der Waals surface area contributed by atoms with Crippen LogP contribution in [0.25, 0.3) is 0 Å². The highest BCUT2D eigenvalue weighted by Crippen LogP contribution is 2.61. The molecule has 21 heavy (non-hydrogen) atoms. The summed E-state index contributed by atoms with van der Waals surface area (Å²) in [6, 6.07) is 0. The molecule has 1 aliphatic heterocycles. The summed E-state index contributed by atoms with van der Waals surface area (Å²) in [5, 5.41) is 0.187. The Hall–Kier alpha value is -0.233. The molecule has 0 aromatic rings. The van der Waals surface area contributed by atoms with Gasteiger partial charge in [0.05, 0.1) is 12.2 Å². The van der Waals surface area contributed by atoms with E-state index in [9.17, 15) is 4.79 Å². The van der Waals surface area contributed by atoms with Crippen molar-refractivity contribution in [2.75, 3.05) is 7.11 Å². The van der Waals surface area contributed by atoms with E-state index in [4.69, 9.17) is 13.9 Å². The molecule has 0 N–H and O–H groups in total. The summed E-state index contributed by atoms with van der Waals surface area (Å²) in [7, 11) is -0.157. The first-order chi connectivity index (χ1) is 9.71. The summed E-state index contributed by atoms with van der Waals surface area (Å²) in [6.45, 7) is 11.4. The molecule has 5 heteroatoms. The lowest BCUT2D eigenvalue weighted by Gasteiger charge is -2.39. The Bertz CT molecular complexity index is 430. The lowest BCUT2D eigenvalue weighted by molar-refractivity contribution is -0.134. The van der Waals surface area contributed by atoms with Crippen molar-refractivity contribution in [3.8, 4) is 0 Å². The molecule has 0 aromatic heterocycles. The van der Waals surface area contributed by atoms with Crippen LogP contribution in [0.15, 0.2) is 0 Å². The van der Waals surface area contributed by atoms with Crippen LogP contribution in [-0.4, -0.2) is 40.2 Å². The third-order valence-electron chi connectivity index (χ3n) is 6.37. The van der Waals surface area contributed by atoms with E-state index < -0.39 is 8.32 Å². The van der Waals surface area contributed by atoms with E-state index in [-0.39, 0.29) is 35.4 Å². The van der Waals surface area contributed by atoms with Crippen LogP contribution >= 0.6 is 0 Å². The van der Waals surface area contributed by atoms with Crippen LogP contribution in [-0.2, 0) is 18.7 Å². The SMILES string of the molecule is CO[C@H]1OC2CC3[C@@H](C=O)C1C2[C@@H]3O[Si](C)(C)C(C)(C)C. The minimum atomic E-state index is -1.83. The zero-order valence-electron chi connectivity index (χ0n) is 14.0. The van der Waals surface area contributed by atoms with Gasteiger partial charge in [-0.15, -0.1) is 0 Å². The first-order valence-corrected chi connectivity index (χ1v) is 10.9. The molecule has 1 saturated heterocycles. The monoisotopic (exact) mass is 312 g/mol. The van der Waals surface area contributed by atoms with E-state index in [1.54, 1.807) is 7.11 Å². The van der Waals surface area contributed by atoms with Crippen LogP contribution in [0.3, 0.4) is 0 Å². The van der Waals surface area contributed by atoms with Crippen LogP contribution in [0, 0.1) is 23.7 Å².